The van der Waals surface area contributed by atoms with Gasteiger partial charge in [0.25, 0.3) is 11.8 Å². The molecule has 1 saturated heterocycles. The average Bonchev–Trinajstić information content (AvgIpc) is 3.58. The highest BCUT2D eigenvalue weighted by Crippen LogP contribution is 2.40. The lowest BCUT2D eigenvalue weighted by atomic mass is 10.0. The Bertz CT molecular complexity index is 1430. The van der Waals surface area contributed by atoms with E-state index in [0.29, 0.717) is 11.3 Å². The van der Waals surface area contributed by atoms with Gasteiger partial charge in [-0.15, -0.1) is 53.0 Å². The second-order valence-corrected chi connectivity index (χ2v) is 10.4. The van der Waals surface area contributed by atoms with E-state index in [-0.39, 0.29) is 53.6 Å². The van der Waals surface area contributed by atoms with Gasteiger partial charge in [0.05, 0.1) is 11.7 Å². The number of aliphatic carboxylic acids is 1. The van der Waals surface area contributed by atoms with E-state index in [0.717, 1.165) is 27.5 Å². The van der Waals surface area contributed by atoms with Crippen LogP contribution in [-0.2, 0) is 25.8 Å². The summed E-state index contributed by atoms with van der Waals surface area (Å²) in [5.74, 6) is -2.38. The molecule has 0 bridgehead atoms. The number of nitrogens with zero attached hydrogens (tertiary/aromatic N) is 6. The van der Waals surface area contributed by atoms with Gasteiger partial charge < -0.3 is 25.8 Å². The smallest absolute Gasteiger partial charge is 0.276 e. The Balaban J connectivity index is 0.00000210. The van der Waals surface area contributed by atoms with Crippen molar-refractivity contribution in [1.82, 2.24) is 24.8 Å². The maximum atomic E-state index is 13.0. The summed E-state index contributed by atoms with van der Waals surface area (Å²) < 4.78 is 5.65. The van der Waals surface area contributed by atoms with E-state index < -0.39 is 29.2 Å². The fourth-order valence-corrected chi connectivity index (χ4v) is 6.29. The van der Waals surface area contributed by atoms with Crippen molar-refractivity contribution in [2.45, 2.75) is 18.0 Å². The second-order valence-electron chi connectivity index (χ2n) is 7.84. The zero-order valence-electron chi connectivity index (χ0n) is 19.9. The number of pyridine rings is 1. The molecule has 13 nitrogen and oxygen atoms in total. The normalized spacial score (nSPS) is 18.3. The fraction of sp³-hybridized carbons (Fsp3) is 0.238. The maximum Gasteiger partial charge on any atom is 0.276 e. The van der Waals surface area contributed by atoms with Gasteiger partial charge in [0, 0.05) is 39.8 Å². The predicted molar refractivity (Wildman–Crippen MR) is 147 cm³/mol. The van der Waals surface area contributed by atoms with Crippen LogP contribution in [0.2, 0.25) is 0 Å². The number of thiazole rings is 1. The zero-order chi connectivity index (χ0) is 26.1. The number of carboxylic acids is 1. The van der Waals surface area contributed by atoms with Crippen molar-refractivity contribution in [2.24, 2.45) is 5.16 Å². The first-order chi connectivity index (χ1) is 17.9. The van der Waals surface area contributed by atoms with Crippen LogP contribution in [-0.4, -0.2) is 67.2 Å². The van der Waals surface area contributed by atoms with Crippen molar-refractivity contribution in [3.63, 3.8) is 0 Å². The van der Waals surface area contributed by atoms with Crippen LogP contribution in [0.4, 0.5) is 5.13 Å². The number of aromatic nitrogens is 4. The standard InChI is InChI=1S/C21H18N8O5S3.2ClH/c1-34-26-14(13-8-36-21(22)23-13)17(30)24-15-18(31)29-16(20(32)33)11(7-35-19(15)29)6-28-4-2-10(3-5-28)12-9-37-27-25-12;;/h2-5,8-9,15,19H,6-7H2,1H3,(H3-,22,23,24,30,32,33);2*1H/t15-,19+;;/m1../s1. The van der Waals surface area contributed by atoms with E-state index in [4.69, 9.17) is 10.6 Å². The fourth-order valence-electron chi connectivity index (χ4n) is 3.94. The second kappa shape index (κ2) is 12.7. The summed E-state index contributed by atoms with van der Waals surface area (Å²) in [7, 11) is 1.27. The molecular weight excluding hydrogens is 611 g/mol. The van der Waals surface area contributed by atoms with Crippen molar-refractivity contribution in [3.8, 4) is 11.3 Å². The summed E-state index contributed by atoms with van der Waals surface area (Å²) >= 11 is 3.72. The van der Waals surface area contributed by atoms with Crippen LogP contribution in [0.25, 0.3) is 11.3 Å². The van der Waals surface area contributed by atoms with Crippen molar-refractivity contribution in [3.05, 3.63) is 52.3 Å². The molecule has 18 heteroatoms. The highest BCUT2D eigenvalue weighted by Gasteiger charge is 2.53. The van der Waals surface area contributed by atoms with Crippen molar-refractivity contribution in [2.75, 3.05) is 18.6 Å². The minimum absolute atomic E-state index is 0. The zero-order valence-corrected chi connectivity index (χ0v) is 24.0. The lowest BCUT2D eigenvalue weighted by Crippen LogP contribution is -2.71. The van der Waals surface area contributed by atoms with Gasteiger partial charge in [-0.3, -0.25) is 14.5 Å². The molecule has 0 aromatic carbocycles. The quantitative estimate of drug-likeness (QED) is 0.147. The number of thioether (sulfide) groups is 1. The molecule has 3 N–H and O–H groups in total. The third-order valence-corrected chi connectivity index (χ3v) is 8.13. The number of anilines is 1. The van der Waals surface area contributed by atoms with Crippen molar-refractivity contribution >= 4 is 88.1 Å². The van der Waals surface area contributed by atoms with E-state index in [2.05, 4.69) is 25.0 Å². The number of halogens is 2. The van der Waals surface area contributed by atoms with E-state index in [1.807, 2.05) is 17.5 Å². The topological polar surface area (TPSA) is 180 Å². The van der Waals surface area contributed by atoms with Crippen molar-refractivity contribution in [1.29, 1.82) is 0 Å². The molecule has 0 aliphatic carbocycles. The Morgan fingerprint density at radius 2 is 2.05 bits per heavy atom. The van der Waals surface area contributed by atoms with Crippen molar-refractivity contribution < 1.29 is 28.9 Å². The molecule has 0 radical (unpaired) electrons. The molecule has 3 aromatic heterocycles. The molecule has 2 aliphatic heterocycles. The lowest BCUT2D eigenvalue weighted by molar-refractivity contribution is -0.689. The Labute approximate surface area is 246 Å². The average molecular weight is 632 g/mol. The summed E-state index contributed by atoms with van der Waals surface area (Å²) in [6, 6.07) is 2.75. The van der Waals surface area contributed by atoms with Crippen LogP contribution >= 0.6 is 59.4 Å². The molecule has 0 spiro atoms. The predicted octanol–water partition coefficient (Wildman–Crippen LogP) is -0.170. The molecule has 39 heavy (non-hydrogen) atoms. The minimum Gasteiger partial charge on any atom is -0.543 e. The van der Waals surface area contributed by atoms with E-state index in [1.54, 1.807) is 17.0 Å². The largest absolute Gasteiger partial charge is 0.543 e. The summed E-state index contributed by atoms with van der Waals surface area (Å²) in [6.07, 6.45) is 3.60. The third-order valence-electron chi connectivity index (χ3n) is 5.61. The molecule has 0 unspecified atom stereocenters. The summed E-state index contributed by atoms with van der Waals surface area (Å²) in [5.41, 5.74) is 7.67. The van der Waals surface area contributed by atoms with Crippen LogP contribution in [0.5, 0.6) is 0 Å². The Hall–Kier alpha value is -3.31. The molecule has 1 fully saturated rings. The minimum atomic E-state index is -1.45. The van der Waals surface area contributed by atoms with Crippen LogP contribution in [0.1, 0.15) is 5.69 Å². The van der Waals surface area contributed by atoms with E-state index >= 15 is 0 Å². The third kappa shape index (κ3) is 5.99. The Morgan fingerprint density at radius 3 is 2.64 bits per heavy atom. The Morgan fingerprint density at radius 1 is 1.31 bits per heavy atom. The highest BCUT2D eigenvalue weighted by atomic mass is 35.5. The van der Waals surface area contributed by atoms with Gasteiger partial charge in [0.15, 0.2) is 29.8 Å². The van der Waals surface area contributed by atoms with Gasteiger partial charge in [-0.25, -0.2) is 9.55 Å². The van der Waals surface area contributed by atoms with Crippen LogP contribution in [0.3, 0.4) is 0 Å². The van der Waals surface area contributed by atoms with E-state index in [9.17, 15) is 19.5 Å². The van der Waals surface area contributed by atoms with Gasteiger partial charge >= 0.3 is 0 Å². The molecule has 2 aliphatic rings. The van der Waals surface area contributed by atoms with Gasteiger partial charge in [-0.2, -0.15) is 0 Å². The number of oxime groups is 1. The summed E-state index contributed by atoms with van der Waals surface area (Å²) in [4.78, 5) is 47.9. The van der Waals surface area contributed by atoms with Gasteiger partial charge in [-0.1, -0.05) is 9.64 Å². The number of fused-ring (bicyclic) bond motifs is 1. The number of nitrogens with one attached hydrogen (secondary N) is 1. The number of carbonyl (C=O) groups is 3. The monoisotopic (exact) mass is 630 g/mol. The lowest BCUT2D eigenvalue weighted by Gasteiger charge is -2.50. The van der Waals surface area contributed by atoms with Gasteiger partial charge in [-0.05, 0) is 11.5 Å². The number of carboxylic acid groups (broad SMARTS) is 1. The van der Waals surface area contributed by atoms with Gasteiger partial charge in [0.2, 0.25) is 0 Å². The maximum absolute atomic E-state index is 13.0. The van der Waals surface area contributed by atoms with Crippen LogP contribution in [0.15, 0.2) is 51.7 Å². The SMILES string of the molecule is CON=C(C(=O)N[C@@H]1C(=O)N2C(C(=O)[O-])=C(C[n+]3ccc(-c4csnn4)cc3)CS[C@@H]12)c1csc(N)n1.Cl.Cl. The van der Waals surface area contributed by atoms with Gasteiger partial charge in [0.1, 0.15) is 29.9 Å². The number of amides is 2. The molecule has 2 amide bonds. The molecule has 5 rings (SSSR count). The number of carbonyl (C=O) groups excluding carboxylic acids is 3. The number of rotatable bonds is 8. The van der Waals surface area contributed by atoms with Crippen LogP contribution in [0, 0.1) is 0 Å². The number of nitrogens with two attached hydrogens (primary N) is 1. The first kappa shape index (κ1) is 30.2. The Kier molecular flexibility index (Phi) is 9.84. The summed E-state index contributed by atoms with van der Waals surface area (Å²) in [5, 5.41) is 25.4. The molecule has 3 aromatic rings. The first-order valence-corrected chi connectivity index (χ1v) is 13.4. The summed E-state index contributed by atoms with van der Waals surface area (Å²) in [6.45, 7) is 0.245. The molecule has 2 atom stereocenters. The van der Waals surface area contributed by atoms with Crippen LogP contribution < -0.4 is 20.7 Å². The molecule has 0 saturated carbocycles. The number of nitrogen functional groups attached to an aromatic ring is 1. The highest BCUT2D eigenvalue weighted by molar-refractivity contribution is 8.00. The molecule has 206 valence electrons. The number of hydrogen-bond donors (Lipinski definition) is 2. The first-order valence-electron chi connectivity index (χ1n) is 10.7. The number of hydrogen-bond acceptors (Lipinski definition) is 13. The molecule has 5 heterocycles. The van der Waals surface area contributed by atoms with E-state index in [1.165, 1.54) is 35.8 Å². The number of β-lactam (4-membered cyclic amide) rings is 1. The molecular formula is C21H20Cl2N8O5S3.